The van der Waals surface area contributed by atoms with Crippen molar-refractivity contribution in [3.8, 4) is 11.5 Å². The molecule has 0 saturated heterocycles. The molecule has 5 heteroatoms. The highest BCUT2D eigenvalue weighted by atomic mass is 35.5. The first-order valence-corrected chi connectivity index (χ1v) is 5.11. The number of phenols is 1. The lowest BCUT2D eigenvalue weighted by Crippen LogP contribution is -2.11. The molecule has 1 aromatic rings. The summed E-state index contributed by atoms with van der Waals surface area (Å²) in [5.41, 5.74) is 0.244. The van der Waals surface area contributed by atoms with E-state index in [2.05, 4.69) is 0 Å². The number of hydrogen-bond acceptors (Lipinski definition) is 4. The van der Waals surface area contributed by atoms with Gasteiger partial charge in [0.15, 0.2) is 11.5 Å². The Labute approximate surface area is 98.7 Å². The van der Waals surface area contributed by atoms with E-state index in [1.807, 2.05) is 0 Å². The van der Waals surface area contributed by atoms with Crippen LogP contribution in [0.4, 0.5) is 0 Å². The van der Waals surface area contributed by atoms with E-state index < -0.39 is 5.97 Å². The van der Waals surface area contributed by atoms with Gasteiger partial charge in [-0.1, -0.05) is 11.6 Å². The molecule has 1 N–H and O–H groups in total. The summed E-state index contributed by atoms with van der Waals surface area (Å²) in [5, 5.41) is 9.53. The normalized spacial score (nSPS) is 10.3. The molecular formula is C11H13ClO4. The van der Waals surface area contributed by atoms with Crippen LogP contribution in [0.2, 0.25) is 5.02 Å². The van der Waals surface area contributed by atoms with Crippen LogP contribution in [-0.2, 0) is 4.74 Å². The third-order valence-corrected chi connectivity index (χ3v) is 2.11. The van der Waals surface area contributed by atoms with Crippen LogP contribution in [0.15, 0.2) is 12.1 Å². The minimum absolute atomic E-state index is 0.0510. The summed E-state index contributed by atoms with van der Waals surface area (Å²) >= 11 is 5.74. The van der Waals surface area contributed by atoms with Crippen LogP contribution in [0.1, 0.15) is 24.2 Å². The summed E-state index contributed by atoms with van der Waals surface area (Å²) in [4.78, 5) is 11.6. The summed E-state index contributed by atoms with van der Waals surface area (Å²) < 4.78 is 9.88. The highest BCUT2D eigenvalue weighted by molar-refractivity contribution is 6.32. The SMILES string of the molecule is COc1cc(C(=O)OC(C)C)cc(Cl)c1O. The predicted octanol–water partition coefficient (Wildman–Crippen LogP) is 2.62. The van der Waals surface area contributed by atoms with Gasteiger partial charge in [0.05, 0.1) is 23.8 Å². The van der Waals surface area contributed by atoms with Crippen molar-refractivity contribution in [2.24, 2.45) is 0 Å². The van der Waals surface area contributed by atoms with Crippen molar-refractivity contribution in [2.75, 3.05) is 7.11 Å². The Kier molecular flexibility index (Phi) is 4.01. The molecule has 0 radical (unpaired) electrons. The molecule has 0 aliphatic carbocycles. The number of carbonyl (C=O) groups is 1. The highest BCUT2D eigenvalue weighted by Gasteiger charge is 2.15. The summed E-state index contributed by atoms with van der Waals surface area (Å²) in [6.07, 6.45) is -0.217. The molecule has 0 bridgehead atoms. The maximum Gasteiger partial charge on any atom is 0.338 e. The second-order valence-electron chi connectivity index (χ2n) is 3.46. The van der Waals surface area contributed by atoms with Gasteiger partial charge in [-0.05, 0) is 26.0 Å². The number of rotatable bonds is 3. The number of phenolic OH excluding ortho intramolecular Hbond substituents is 1. The quantitative estimate of drug-likeness (QED) is 0.831. The number of benzene rings is 1. The number of esters is 1. The van der Waals surface area contributed by atoms with Crippen molar-refractivity contribution in [2.45, 2.75) is 20.0 Å². The van der Waals surface area contributed by atoms with E-state index in [4.69, 9.17) is 21.1 Å². The predicted molar refractivity (Wildman–Crippen MR) is 60.2 cm³/mol. The maximum absolute atomic E-state index is 11.6. The lowest BCUT2D eigenvalue weighted by atomic mass is 10.2. The van der Waals surface area contributed by atoms with E-state index in [-0.39, 0.29) is 28.2 Å². The van der Waals surface area contributed by atoms with Crippen LogP contribution in [0.5, 0.6) is 11.5 Å². The van der Waals surface area contributed by atoms with Crippen LogP contribution in [-0.4, -0.2) is 24.3 Å². The van der Waals surface area contributed by atoms with E-state index in [9.17, 15) is 9.90 Å². The first-order valence-electron chi connectivity index (χ1n) is 4.73. The second-order valence-corrected chi connectivity index (χ2v) is 3.87. The minimum Gasteiger partial charge on any atom is -0.503 e. The van der Waals surface area contributed by atoms with Gasteiger partial charge >= 0.3 is 5.97 Å². The zero-order chi connectivity index (χ0) is 12.3. The van der Waals surface area contributed by atoms with E-state index in [0.29, 0.717) is 0 Å². The highest BCUT2D eigenvalue weighted by Crippen LogP contribution is 2.35. The van der Waals surface area contributed by atoms with Gasteiger partial charge < -0.3 is 14.6 Å². The topological polar surface area (TPSA) is 55.8 Å². The Hall–Kier alpha value is -1.42. The average molecular weight is 245 g/mol. The number of carbonyl (C=O) groups excluding carboxylic acids is 1. The summed E-state index contributed by atoms with van der Waals surface area (Å²) in [6.45, 7) is 3.49. The molecule has 0 atom stereocenters. The van der Waals surface area contributed by atoms with Gasteiger partial charge in [-0.3, -0.25) is 0 Å². The van der Waals surface area contributed by atoms with Crippen LogP contribution in [0.25, 0.3) is 0 Å². The first kappa shape index (κ1) is 12.6. The van der Waals surface area contributed by atoms with Gasteiger partial charge in [0.25, 0.3) is 0 Å². The molecule has 4 nitrogen and oxygen atoms in total. The van der Waals surface area contributed by atoms with E-state index >= 15 is 0 Å². The van der Waals surface area contributed by atoms with Gasteiger partial charge in [0, 0.05) is 0 Å². The Balaban J connectivity index is 3.06. The Morgan fingerprint density at radius 1 is 1.44 bits per heavy atom. The molecular weight excluding hydrogens is 232 g/mol. The first-order chi connectivity index (χ1) is 7.45. The molecule has 1 rings (SSSR count). The summed E-state index contributed by atoms with van der Waals surface area (Å²) in [7, 11) is 1.38. The van der Waals surface area contributed by atoms with Crippen molar-refractivity contribution in [3.63, 3.8) is 0 Å². The molecule has 0 unspecified atom stereocenters. The molecule has 0 amide bonds. The molecule has 16 heavy (non-hydrogen) atoms. The molecule has 0 spiro atoms. The molecule has 0 aliphatic rings. The van der Waals surface area contributed by atoms with Crippen molar-refractivity contribution in [1.82, 2.24) is 0 Å². The zero-order valence-electron chi connectivity index (χ0n) is 9.28. The maximum atomic E-state index is 11.6. The van der Waals surface area contributed by atoms with Gasteiger partial charge in [-0.25, -0.2) is 4.79 Å². The van der Waals surface area contributed by atoms with E-state index in [1.54, 1.807) is 13.8 Å². The largest absolute Gasteiger partial charge is 0.503 e. The van der Waals surface area contributed by atoms with Crippen LogP contribution >= 0.6 is 11.6 Å². The van der Waals surface area contributed by atoms with Crippen molar-refractivity contribution in [3.05, 3.63) is 22.7 Å². The molecule has 0 saturated carbocycles. The van der Waals surface area contributed by atoms with E-state index in [0.717, 1.165) is 0 Å². The van der Waals surface area contributed by atoms with E-state index in [1.165, 1.54) is 19.2 Å². The number of ether oxygens (including phenoxy) is 2. The van der Waals surface area contributed by atoms with Gasteiger partial charge in [0.2, 0.25) is 0 Å². The molecule has 0 fully saturated rings. The fourth-order valence-electron chi connectivity index (χ4n) is 1.13. The summed E-state index contributed by atoms with van der Waals surface area (Å²) in [6, 6.07) is 2.72. The smallest absolute Gasteiger partial charge is 0.338 e. The molecule has 1 aromatic carbocycles. The summed E-state index contributed by atoms with van der Waals surface area (Å²) in [5.74, 6) is -0.552. The second kappa shape index (κ2) is 5.07. The van der Waals surface area contributed by atoms with Gasteiger partial charge in [-0.2, -0.15) is 0 Å². The van der Waals surface area contributed by atoms with Crippen LogP contribution in [0, 0.1) is 0 Å². The third kappa shape index (κ3) is 2.79. The lowest BCUT2D eigenvalue weighted by Gasteiger charge is -2.10. The average Bonchev–Trinajstić information content (AvgIpc) is 2.20. The fourth-order valence-corrected chi connectivity index (χ4v) is 1.34. The minimum atomic E-state index is -0.504. The Bertz CT molecular complexity index is 401. The van der Waals surface area contributed by atoms with Crippen molar-refractivity contribution in [1.29, 1.82) is 0 Å². The van der Waals surface area contributed by atoms with Crippen molar-refractivity contribution < 1.29 is 19.4 Å². The number of aromatic hydroxyl groups is 1. The monoisotopic (exact) mass is 244 g/mol. The van der Waals surface area contributed by atoms with Crippen LogP contribution < -0.4 is 4.74 Å². The van der Waals surface area contributed by atoms with Crippen LogP contribution in [0.3, 0.4) is 0 Å². The lowest BCUT2D eigenvalue weighted by molar-refractivity contribution is 0.0377. The molecule has 0 aromatic heterocycles. The number of halogens is 1. The standard InChI is InChI=1S/C11H13ClO4/c1-6(2)16-11(14)7-4-8(12)10(13)9(5-7)15-3/h4-6,13H,1-3H3. The third-order valence-electron chi connectivity index (χ3n) is 1.83. The molecule has 0 aliphatic heterocycles. The zero-order valence-corrected chi connectivity index (χ0v) is 10.0. The number of methoxy groups -OCH3 is 1. The fraction of sp³-hybridized carbons (Fsp3) is 0.364. The molecule has 0 heterocycles. The van der Waals surface area contributed by atoms with Gasteiger partial charge in [0.1, 0.15) is 0 Å². The number of hydrogen-bond donors (Lipinski definition) is 1. The van der Waals surface area contributed by atoms with Gasteiger partial charge in [-0.15, -0.1) is 0 Å². The Morgan fingerprint density at radius 2 is 2.06 bits per heavy atom. The van der Waals surface area contributed by atoms with Crippen molar-refractivity contribution >= 4 is 17.6 Å². The Morgan fingerprint density at radius 3 is 2.56 bits per heavy atom. The molecule has 88 valence electrons.